The topological polar surface area (TPSA) is 59.0 Å². The van der Waals surface area contributed by atoms with Crippen molar-refractivity contribution < 1.29 is 19.4 Å². The minimum absolute atomic E-state index is 0.0117. The average Bonchev–Trinajstić information content (AvgIpc) is 2.36. The number of carbonyl (C=O) groups is 1. The highest BCUT2D eigenvalue weighted by molar-refractivity contribution is 5.91. The predicted molar refractivity (Wildman–Crippen MR) is 72.8 cm³/mol. The van der Waals surface area contributed by atoms with Crippen molar-refractivity contribution in [2.45, 2.75) is 13.3 Å². The van der Waals surface area contributed by atoms with Crippen molar-refractivity contribution in [2.24, 2.45) is 0 Å². The lowest BCUT2D eigenvalue weighted by Crippen LogP contribution is -2.32. The van der Waals surface area contributed by atoms with Crippen LogP contribution in [0, 0.1) is 6.92 Å². The number of carbonyl (C=O) groups excluding carboxylic acids is 1. The molecule has 0 radical (unpaired) electrons. The number of nitrogens with zero attached hydrogens (tertiary/aromatic N) is 1. The summed E-state index contributed by atoms with van der Waals surface area (Å²) in [6.07, 6.45) is 1.41. The molecule has 1 saturated heterocycles. The molecule has 5 heteroatoms. The van der Waals surface area contributed by atoms with Gasteiger partial charge in [-0.05, 0) is 51.2 Å². The molecule has 1 N–H and O–H groups in total. The molecule has 1 aliphatic rings. The van der Waals surface area contributed by atoms with Crippen molar-refractivity contribution in [3.63, 3.8) is 0 Å². The van der Waals surface area contributed by atoms with E-state index in [1.807, 2.05) is 0 Å². The van der Waals surface area contributed by atoms with Crippen molar-refractivity contribution in [3.05, 3.63) is 23.3 Å². The molecule has 0 saturated carbocycles. The Balaban J connectivity index is 0.000000300. The summed E-state index contributed by atoms with van der Waals surface area (Å²) in [4.78, 5) is 13.6. The molecular formula is C14H21NO4. The van der Waals surface area contributed by atoms with Gasteiger partial charge >= 0.3 is 5.97 Å². The van der Waals surface area contributed by atoms with E-state index in [1.54, 1.807) is 6.92 Å². The van der Waals surface area contributed by atoms with Gasteiger partial charge in [0, 0.05) is 0 Å². The van der Waals surface area contributed by atoms with Crippen LogP contribution >= 0.6 is 0 Å². The molecule has 106 valence electrons. The van der Waals surface area contributed by atoms with E-state index in [0.717, 1.165) is 0 Å². The SMILES string of the molecule is CN1CCC1.COC(=O)c1cc(OC)c(O)cc1C. The van der Waals surface area contributed by atoms with Gasteiger partial charge in [0.1, 0.15) is 0 Å². The van der Waals surface area contributed by atoms with E-state index in [0.29, 0.717) is 11.1 Å². The molecule has 0 bridgehead atoms. The first-order chi connectivity index (χ1) is 8.99. The number of hydrogen-bond acceptors (Lipinski definition) is 5. The zero-order chi connectivity index (χ0) is 14.4. The summed E-state index contributed by atoms with van der Waals surface area (Å²) in [5.74, 6) is -0.172. The van der Waals surface area contributed by atoms with Gasteiger partial charge in [-0.15, -0.1) is 0 Å². The molecule has 19 heavy (non-hydrogen) atoms. The summed E-state index contributed by atoms with van der Waals surface area (Å²) in [6, 6.07) is 2.92. The van der Waals surface area contributed by atoms with Crippen LogP contribution in [0.25, 0.3) is 0 Å². The van der Waals surface area contributed by atoms with Gasteiger partial charge < -0.3 is 19.5 Å². The Morgan fingerprint density at radius 2 is 1.89 bits per heavy atom. The van der Waals surface area contributed by atoms with Crippen LogP contribution in [0.15, 0.2) is 12.1 Å². The summed E-state index contributed by atoms with van der Waals surface area (Å²) in [5, 5.41) is 9.39. The number of phenols is 1. The van der Waals surface area contributed by atoms with Gasteiger partial charge in [-0.1, -0.05) is 0 Å². The van der Waals surface area contributed by atoms with Crippen LogP contribution < -0.4 is 4.74 Å². The molecule has 0 unspecified atom stereocenters. The molecule has 5 nitrogen and oxygen atoms in total. The number of phenolic OH excluding ortho intramolecular Hbond substituents is 1. The first kappa shape index (κ1) is 15.3. The molecule has 1 aliphatic heterocycles. The highest BCUT2D eigenvalue weighted by Gasteiger charge is 2.13. The van der Waals surface area contributed by atoms with Gasteiger partial charge in [0.15, 0.2) is 11.5 Å². The summed E-state index contributed by atoms with van der Waals surface area (Å²) in [7, 11) is 4.87. The fourth-order valence-electron chi connectivity index (χ4n) is 1.64. The normalized spacial score (nSPS) is 13.9. The second kappa shape index (κ2) is 6.99. The Hall–Kier alpha value is -1.75. The molecule has 1 aromatic rings. The Bertz CT molecular complexity index is 441. The van der Waals surface area contributed by atoms with Crippen LogP contribution in [0.4, 0.5) is 0 Å². The fraction of sp³-hybridized carbons (Fsp3) is 0.500. The van der Waals surface area contributed by atoms with Crippen molar-refractivity contribution in [1.82, 2.24) is 4.90 Å². The Morgan fingerprint density at radius 1 is 1.32 bits per heavy atom. The lowest BCUT2D eigenvalue weighted by molar-refractivity contribution is 0.0599. The number of rotatable bonds is 2. The predicted octanol–water partition coefficient (Wildman–Crippen LogP) is 1.82. The quantitative estimate of drug-likeness (QED) is 0.828. The molecule has 1 aromatic carbocycles. The Morgan fingerprint density at radius 3 is 2.26 bits per heavy atom. The van der Waals surface area contributed by atoms with Gasteiger partial charge in [-0.2, -0.15) is 0 Å². The van der Waals surface area contributed by atoms with E-state index in [4.69, 9.17) is 4.74 Å². The Labute approximate surface area is 113 Å². The number of benzene rings is 1. The van der Waals surface area contributed by atoms with E-state index in [9.17, 15) is 9.90 Å². The molecule has 1 heterocycles. The highest BCUT2D eigenvalue weighted by atomic mass is 16.5. The van der Waals surface area contributed by atoms with Crippen molar-refractivity contribution in [3.8, 4) is 11.5 Å². The number of aryl methyl sites for hydroxylation is 1. The Kier molecular flexibility index (Phi) is 5.63. The number of methoxy groups -OCH3 is 2. The first-order valence-corrected chi connectivity index (χ1v) is 6.14. The largest absolute Gasteiger partial charge is 0.504 e. The van der Waals surface area contributed by atoms with E-state index in [-0.39, 0.29) is 11.5 Å². The van der Waals surface area contributed by atoms with Gasteiger partial charge in [-0.25, -0.2) is 4.79 Å². The number of esters is 1. The molecule has 2 rings (SSSR count). The van der Waals surface area contributed by atoms with E-state index < -0.39 is 5.97 Å². The third-order valence-electron chi connectivity index (χ3n) is 3.01. The summed E-state index contributed by atoms with van der Waals surface area (Å²) >= 11 is 0. The summed E-state index contributed by atoms with van der Waals surface area (Å²) in [6.45, 7) is 4.35. The zero-order valence-electron chi connectivity index (χ0n) is 11.9. The maximum atomic E-state index is 11.3. The molecule has 0 spiro atoms. The number of likely N-dealkylation sites (tertiary alicyclic amines) is 1. The van der Waals surface area contributed by atoms with E-state index in [1.165, 1.54) is 45.9 Å². The van der Waals surface area contributed by atoms with Crippen LogP contribution in [0.1, 0.15) is 22.3 Å². The highest BCUT2D eigenvalue weighted by Crippen LogP contribution is 2.29. The van der Waals surface area contributed by atoms with E-state index in [2.05, 4.69) is 16.7 Å². The smallest absolute Gasteiger partial charge is 0.338 e. The lowest BCUT2D eigenvalue weighted by atomic mass is 10.1. The number of ether oxygens (including phenoxy) is 2. The van der Waals surface area contributed by atoms with Crippen LogP contribution in [0.5, 0.6) is 11.5 Å². The first-order valence-electron chi connectivity index (χ1n) is 6.14. The van der Waals surface area contributed by atoms with Crippen molar-refractivity contribution in [2.75, 3.05) is 34.4 Å². The second-order valence-electron chi connectivity index (χ2n) is 4.49. The third kappa shape index (κ3) is 4.13. The molecule has 1 fully saturated rings. The third-order valence-corrected chi connectivity index (χ3v) is 3.01. The molecule has 0 aliphatic carbocycles. The van der Waals surface area contributed by atoms with Crippen LogP contribution in [0.3, 0.4) is 0 Å². The van der Waals surface area contributed by atoms with E-state index >= 15 is 0 Å². The maximum absolute atomic E-state index is 11.3. The standard InChI is InChI=1S/C10H12O4.C4H9N/c1-6-4-8(11)9(13-2)5-7(6)10(12)14-3;1-5-3-2-4-5/h4-5,11H,1-3H3;2-4H2,1H3. The molecular weight excluding hydrogens is 246 g/mol. The lowest BCUT2D eigenvalue weighted by Gasteiger charge is -2.24. The van der Waals surface area contributed by atoms with Crippen LogP contribution in [0.2, 0.25) is 0 Å². The van der Waals surface area contributed by atoms with Gasteiger partial charge in [0.25, 0.3) is 0 Å². The van der Waals surface area contributed by atoms with Crippen LogP contribution in [-0.4, -0.2) is 50.3 Å². The van der Waals surface area contributed by atoms with Gasteiger partial charge in [0.05, 0.1) is 19.8 Å². The number of aromatic hydroxyl groups is 1. The minimum atomic E-state index is -0.444. The van der Waals surface area contributed by atoms with Crippen molar-refractivity contribution in [1.29, 1.82) is 0 Å². The fourth-order valence-corrected chi connectivity index (χ4v) is 1.64. The number of hydrogen-bond donors (Lipinski definition) is 1. The second-order valence-corrected chi connectivity index (χ2v) is 4.49. The average molecular weight is 267 g/mol. The van der Waals surface area contributed by atoms with Crippen molar-refractivity contribution >= 4 is 5.97 Å². The molecule has 0 atom stereocenters. The summed E-state index contributed by atoms with van der Waals surface area (Å²) in [5.41, 5.74) is 1.04. The van der Waals surface area contributed by atoms with Gasteiger partial charge in [0.2, 0.25) is 0 Å². The monoisotopic (exact) mass is 267 g/mol. The minimum Gasteiger partial charge on any atom is -0.504 e. The zero-order valence-corrected chi connectivity index (χ0v) is 11.9. The summed E-state index contributed by atoms with van der Waals surface area (Å²) < 4.78 is 9.46. The molecule has 0 amide bonds. The van der Waals surface area contributed by atoms with Gasteiger partial charge in [-0.3, -0.25) is 0 Å². The molecule has 0 aromatic heterocycles. The van der Waals surface area contributed by atoms with Crippen LogP contribution in [-0.2, 0) is 4.74 Å². The maximum Gasteiger partial charge on any atom is 0.338 e.